The van der Waals surface area contributed by atoms with Gasteiger partial charge in [-0.15, -0.1) is 0 Å². The van der Waals surface area contributed by atoms with E-state index in [0.29, 0.717) is 16.9 Å². The maximum atomic E-state index is 11.6. The van der Waals surface area contributed by atoms with Crippen LogP contribution in [-0.2, 0) is 16.8 Å². The summed E-state index contributed by atoms with van der Waals surface area (Å²) in [4.78, 5) is 18.6. The lowest BCUT2D eigenvalue weighted by Gasteiger charge is -2.19. The Kier molecular flexibility index (Phi) is 3.67. The van der Waals surface area contributed by atoms with Crippen LogP contribution in [0.1, 0.15) is 32.3 Å². The third-order valence-corrected chi connectivity index (χ3v) is 2.64. The Hall–Kier alpha value is -0.680. The SMILES string of the molecule is COCc1nc(C(C)(C)C)c(Br)c(=O)[nH]1. The van der Waals surface area contributed by atoms with Crippen LogP contribution >= 0.6 is 15.9 Å². The summed E-state index contributed by atoms with van der Waals surface area (Å²) in [6.07, 6.45) is 0. The van der Waals surface area contributed by atoms with Gasteiger partial charge in [0.15, 0.2) is 0 Å². The number of hydrogen-bond donors (Lipinski definition) is 1. The molecule has 0 amide bonds. The first-order chi connectivity index (χ1) is 6.86. The number of hydrogen-bond acceptors (Lipinski definition) is 3. The van der Waals surface area contributed by atoms with Crippen molar-refractivity contribution >= 4 is 15.9 Å². The van der Waals surface area contributed by atoms with Gasteiger partial charge in [0.1, 0.15) is 16.9 Å². The van der Waals surface area contributed by atoms with Gasteiger partial charge in [0.05, 0.1) is 5.69 Å². The van der Waals surface area contributed by atoms with Gasteiger partial charge in [-0.3, -0.25) is 4.79 Å². The number of aromatic nitrogens is 2. The quantitative estimate of drug-likeness (QED) is 0.897. The van der Waals surface area contributed by atoms with Gasteiger partial charge < -0.3 is 9.72 Å². The molecule has 0 aliphatic rings. The molecule has 0 radical (unpaired) electrons. The third-order valence-electron chi connectivity index (χ3n) is 1.90. The molecule has 1 N–H and O–H groups in total. The van der Waals surface area contributed by atoms with Gasteiger partial charge in [-0.05, 0) is 15.9 Å². The normalized spacial score (nSPS) is 11.8. The lowest BCUT2D eigenvalue weighted by molar-refractivity contribution is 0.177. The first-order valence-electron chi connectivity index (χ1n) is 4.64. The zero-order chi connectivity index (χ0) is 11.6. The maximum absolute atomic E-state index is 11.6. The van der Waals surface area contributed by atoms with Crippen LogP contribution in [0.15, 0.2) is 9.27 Å². The molecule has 0 saturated heterocycles. The molecular formula is C10H15BrN2O2. The molecule has 1 heterocycles. The fraction of sp³-hybridized carbons (Fsp3) is 0.600. The summed E-state index contributed by atoms with van der Waals surface area (Å²) in [6.45, 7) is 6.34. The lowest BCUT2D eigenvalue weighted by atomic mass is 9.92. The van der Waals surface area contributed by atoms with Crippen LogP contribution in [0.3, 0.4) is 0 Å². The van der Waals surface area contributed by atoms with Crippen LogP contribution in [0.4, 0.5) is 0 Å². The highest BCUT2D eigenvalue weighted by molar-refractivity contribution is 9.10. The van der Waals surface area contributed by atoms with Crippen molar-refractivity contribution in [2.24, 2.45) is 0 Å². The Morgan fingerprint density at radius 3 is 2.53 bits per heavy atom. The van der Waals surface area contributed by atoms with Crippen LogP contribution in [-0.4, -0.2) is 17.1 Å². The van der Waals surface area contributed by atoms with E-state index >= 15 is 0 Å². The molecule has 1 aromatic rings. The van der Waals surface area contributed by atoms with Gasteiger partial charge in [0.2, 0.25) is 0 Å². The minimum Gasteiger partial charge on any atom is -0.377 e. The highest BCUT2D eigenvalue weighted by Gasteiger charge is 2.21. The highest BCUT2D eigenvalue weighted by atomic mass is 79.9. The van der Waals surface area contributed by atoms with E-state index in [1.165, 1.54) is 0 Å². The van der Waals surface area contributed by atoms with Crippen molar-refractivity contribution in [1.82, 2.24) is 9.97 Å². The van der Waals surface area contributed by atoms with Crippen LogP contribution < -0.4 is 5.56 Å². The molecule has 0 aromatic carbocycles. The van der Waals surface area contributed by atoms with E-state index in [0.717, 1.165) is 5.69 Å². The third kappa shape index (κ3) is 2.89. The second-order valence-corrected chi connectivity index (χ2v) is 5.15. The van der Waals surface area contributed by atoms with E-state index in [2.05, 4.69) is 25.9 Å². The fourth-order valence-electron chi connectivity index (χ4n) is 1.21. The molecule has 0 bridgehead atoms. The molecule has 5 heteroatoms. The number of rotatable bonds is 2. The minimum absolute atomic E-state index is 0.165. The van der Waals surface area contributed by atoms with Crippen LogP contribution in [0.2, 0.25) is 0 Å². The topological polar surface area (TPSA) is 55.0 Å². The zero-order valence-corrected chi connectivity index (χ0v) is 10.9. The second-order valence-electron chi connectivity index (χ2n) is 4.36. The van der Waals surface area contributed by atoms with Crippen molar-refractivity contribution < 1.29 is 4.74 Å². The van der Waals surface area contributed by atoms with Gasteiger partial charge in [-0.2, -0.15) is 0 Å². The molecule has 15 heavy (non-hydrogen) atoms. The molecule has 4 nitrogen and oxygen atoms in total. The van der Waals surface area contributed by atoms with Crippen LogP contribution in [0.25, 0.3) is 0 Å². The van der Waals surface area contributed by atoms with Crippen LogP contribution in [0, 0.1) is 0 Å². The Balaban J connectivity index is 3.32. The largest absolute Gasteiger partial charge is 0.377 e. The van der Waals surface area contributed by atoms with Crippen molar-refractivity contribution in [1.29, 1.82) is 0 Å². The molecule has 1 aromatic heterocycles. The number of ether oxygens (including phenoxy) is 1. The van der Waals surface area contributed by atoms with Crippen molar-refractivity contribution in [2.75, 3.05) is 7.11 Å². The monoisotopic (exact) mass is 274 g/mol. The van der Waals surface area contributed by atoms with E-state index in [9.17, 15) is 4.79 Å². The second kappa shape index (κ2) is 4.45. The summed E-state index contributed by atoms with van der Waals surface area (Å²) in [5.74, 6) is 0.552. The average molecular weight is 275 g/mol. The summed E-state index contributed by atoms with van der Waals surface area (Å²) in [6, 6.07) is 0. The number of halogens is 1. The summed E-state index contributed by atoms with van der Waals surface area (Å²) in [5, 5.41) is 0. The molecule has 0 saturated carbocycles. The molecule has 1 rings (SSSR count). The number of nitrogens with zero attached hydrogens (tertiary/aromatic N) is 1. The number of nitrogens with one attached hydrogen (secondary N) is 1. The Morgan fingerprint density at radius 2 is 2.07 bits per heavy atom. The fourth-order valence-corrected chi connectivity index (χ4v) is 1.99. The summed E-state index contributed by atoms with van der Waals surface area (Å²) in [5.41, 5.74) is 0.413. The molecule has 84 valence electrons. The van der Waals surface area contributed by atoms with E-state index in [-0.39, 0.29) is 11.0 Å². The highest BCUT2D eigenvalue weighted by Crippen LogP contribution is 2.25. The van der Waals surface area contributed by atoms with E-state index in [4.69, 9.17) is 4.74 Å². The Labute approximate surface area is 97.2 Å². The van der Waals surface area contributed by atoms with Crippen molar-refractivity contribution in [3.05, 3.63) is 26.3 Å². The van der Waals surface area contributed by atoms with Gasteiger partial charge in [0, 0.05) is 12.5 Å². The van der Waals surface area contributed by atoms with Gasteiger partial charge in [-0.1, -0.05) is 20.8 Å². The van der Waals surface area contributed by atoms with E-state index < -0.39 is 0 Å². The summed E-state index contributed by atoms with van der Waals surface area (Å²) >= 11 is 3.25. The lowest BCUT2D eigenvalue weighted by Crippen LogP contribution is -2.23. The molecular weight excluding hydrogens is 260 g/mol. The van der Waals surface area contributed by atoms with Gasteiger partial charge >= 0.3 is 0 Å². The molecule has 0 spiro atoms. The average Bonchev–Trinajstić information content (AvgIpc) is 2.09. The number of aromatic amines is 1. The summed E-state index contributed by atoms with van der Waals surface area (Å²) in [7, 11) is 1.57. The predicted octanol–water partition coefficient (Wildman–Crippen LogP) is 1.98. The van der Waals surface area contributed by atoms with Crippen molar-refractivity contribution in [3.63, 3.8) is 0 Å². The molecule has 0 unspecified atom stereocenters. The zero-order valence-electron chi connectivity index (χ0n) is 9.35. The smallest absolute Gasteiger partial charge is 0.265 e. The van der Waals surface area contributed by atoms with Crippen molar-refractivity contribution in [3.8, 4) is 0 Å². The van der Waals surface area contributed by atoms with Crippen molar-refractivity contribution in [2.45, 2.75) is 32.8 Å². The van der Waals surface area contributed by atoms with Crippen LogP contribution in [0.5, 0.6) is 0 Å². The standard InChI is InChI=1S/C10H15BrN2O2/c1-10(2,3)8-7(11)9(14)13-6(12-8)5-15-4/h5H2,1-4H3,(H,12,13,14). The van der Waals surface area contributed by atoms with Gasteiger partial charge in [0.25, 0.3) is 5.56 Å². The summed E-state index contributed by atoms with van der Waals surface area (Å²) < 4.78 is 5.44. The molecule has 0 fully saturated rings. The van der Waals surface area contributed by atoms with E-state index in [1.54, 1.807) is 7.11 Å². The number of H-pyrrole nitrogens is 1. The first kappa shape index (κ1) is 12.4. The maximum Gasteiger partial charge on any atom is 0.265 e. The molecule has 0 atom stereocenters. The predicted molar refractivity (Wildman–Crippen MR) is 62.0 cm³/mol. The Morgan fingerprint density at radius 1 is 1.47 bits per heavy atom. The minimum atomic E-state index is -0.171. The Bertz CT molecular complexity index is 407. The van der Waals surface area contributed by atoms with E-state index in [1.807, 2.05) is 20.8 Å². The van der Waals surface area contributed by atoms with Gasteiger partial charge in [-0.25, -0.2) is 4.98 Å². The first-order valence-corrected chi connectivity index (χ1v) is 5.43. The molecule has 0 aliphatic carbocycles. The number of methoxy groups -OCH3 is 1. The molecule has 0 aliphatic heterocycles.